The van der Waals surface area contributed by atoms with Gasteiger partial charge in [-0.05, 0) is 6.92 Å². The number of rotatable bonds is 5. The largest absolute Gasteiger partial charge is 0.292 e. The fraction of sp³-hybridized carbons (Fsp3) is 0.222. The Kier molecular flexibility index (Phi) is 3.62. The van der Waals surface area contributed by atoms with Gasteiger partial charge in [0.1, 0.15) is 4.90 Å². The zero-order valence-electron chi connectivity index (χ0n) is 10.1. The number of nitrogens with zero attached hydrogens (tertiary/aromatic N) is 4. The van der Waals surface area contributed by atoms with Crippen molar-refractivity contribution in [3.8, 4) is 0 Å². The lowest BCUT2D eigenvalue weighted by Crippen LogP contribution is -2.15. The molecule has 2 rings (SSSR count). The molecule has 0 bridgehead atoms. The van der Waals surface area contributed by atoms with E-state index in [1.165, 1.54) is 6.20 Å². The van der Waals surface area contributed by atoms with Crippen molar-refractivity contribution in [2.24, 2.45) is 5.84 Å². The summed E-state index contributed by atoms with van der Waals surface area (Å²) in [6, 6.07) is 0. The molecule has 4 N–H and O–H groups in total. The first-order chi connectivity index (χ1) is 9.05. The Balaban J connectivity index is 2.21. The van der Waals surface area contributed by atoms with Crippen molar-refractivity contribution in [2.45, 2.75) is 18.4 Å². The van der Waals surface area contributed by atoms with Gasteiger partial charge >= 0.3 is 0 Å². The van der Waals surface area contributed by atoms with E-state index < -0.39 is 10.0 Å². The number of sulfonamides is 1. The molecule has 2 heterocycles. The minimum absolute atomic E-state index is 0.0595. The van der Waals surface area contributed by atoms with E-state index in [1.54, 1.807) is 10.9 Å². The zero-order chi connectivity index (χ0) is 13.9. The predicted molar refractivity (Wildman–Crippen MR) is 68.6 cm³/mol. The molecule has 19 heavy (non-hydrogen) atoms. The highest BCUT2D eigenvalue weighted by Crippen LogP contribution is 2.14. The van der Waals surface area contributed by atoms with Gasteiger partial charge < -0.3 is 0 Å². The monoisotopic (exact) mass is 283 g/mol. The minimum Gasteiger partial charge on any atom is -0.292 e. The molecule has 0 aromatic carbocycles. The van der Waals surface area contributed by atoms with E-state index >= 15 is 0 Å². The lowest BCUT2D eigenvalue weighted by molar-refractivity contribution is 0.600. The molecule has 0 aliphatic heterocycles. The Hall–Kier alpha value is -2.20. The highest BCUT2D eigenvalue weighted by Gasteiger charge is 2.16. The van der Waals surface area contributed by atoms with E-state index in [-0.39, 0.29) is 10.8 Å². The highest BCUT2D eigenvalue weighted by atomic mass is 32.2. The summed E-state index contributed by atoms with van der Waals surface area (Å²) in [7, 11) is -3.73. The summed E-state index contributed by atoms with van der Waals surface area (Å²) in [5.74, 6) is 5.24. The maximum Gasteiger partial charge on any atom is 0.265 e. The van der Waals surface area contributed by atoms with E-state index in [0.29, 0.717) is 12.2 Å². The maximum atomic E-state index is 12.0. The van der Waals surface area contributed by atoms with Gasteiger partial charge in [0, 0.05) is 12.7 Å². The van der Waals surface area contributed by atoms with Crippen LogP contribution in [0.4, 0.5) is 11.6 Å². The quantitative estimate of drug-likeness (QED) is 0.511. The number of anilines is 2. The van der Waals surface area contributed by atoms with Crippen molar-refractivity contribution >= 4 is 21.7 Å². The van der Waals surface area contributed by atoms with Crippen LogP contribution in [-0.2, 0) is 16.6 Å². The number of nitrogens with two attached hydrogens (primary N) is 1. The molecule has 0 unspecified atom stereocenters. The molecular formula is C9H13N7O2S. The normalized spacial score (nSPS) is 11.3. The van der Waals surface area contributed by atoms with Crippen LogP contribution in [0.2, 0.25) is 0 Å². The summed E-state index contributed by atoms with van der Waals surface area (Å²) in [4.78, 5) is 7.42. The van der Waals surface area contributed by atoms with Crippen molar-refractivity contribution in [3.63, 3.8) is 0 Å². The Labute approximate surface area is 109 Å². The average Bonchev–Trinajstić information content (AvgIpc) is 2.85. The fourth-order valence-corrected chi connectivity index (χ4v) is 2.25. The van der Waals surface area contributed by atoms with E-state index in [0.717, 1.165) is 12.4 Å². The number of nitrogens with one attached hydrogen (secondary N) is 2. The van der Waals surface area contributed by atoms with Gasteiger partial charge in [-0.2, -0.15) is 5.10 Å². The van der Waals surface area contributed by atoms with Crippen LogP contribution in [-0.4, -0.2) is 28.2 Å². The standard InChI is InChI=1S/C9H13N7O2S/c1-2-16-6-7(3-13-16)15-19(17,18)8-4-11-9(14-10)12-5-8/h3-6,15H,2,10H2,1H3,(H,11,12,14). The molecule has 0 saturated carbocycles. The number of hydrazine groups is 1. The number of aromatic nitrogens is 4. The summed E-state index contributed by atoms with van der Waals surface area (Å²) in [5, 5.41) is 3.97. The number of hydrogen-bond acceptors (Lipinski definition) is 7. The van der Waals surface area contributed by atoms with E-state index in [4.69, 9.17) is 5.84 Å². The summed E-state index contributed by atoms with van der Waals surface area (Å²) in [6.07, 6.45) is 5.34. The summed E-state index contributed by atoms with van der Waals surface area (Å²) in [6.45, 7) is 2.55. The van der Waals surface area contributed by atoms with Gasteiger partial charge in [-0.15, -0.1) is 0 Å². The highest BCUT2D eigenvalue weighted by molar-refractivity contribution is 7.92. The van der Waals surface area contributed by atoms with E-state index in [1.807, 2.05) is 6.92 Å². The van der Waals surface area contributed by atoms with Crippen molar-refractivity contribution in [3.05, 3.63) is 24.8 Å². The first-order valence-electron chi connectivity index (χ1n) is 5.39. The molecule has 2 aromatic rings. The van der Waals surface area contributed by atoms with E-state index in [2.05, 4.69) is 25.2 Å². The van der Waals surface area contributed by atoms with Crippen molar-refractivity contribution in [2.75, 3.05) is 10.1 Å². The molecule has 0 fully saturated rings. The Morgan fingerprint density at radius 3 is 2.53 bits per heavy atom. The van der Waals surface area contributed by atoms with Crippen LogP contribution in [0, 0.1) is 0 Å². The van der Waals surface area contributed by atoms with Gasteiger partial charge in [0.25, 0.3) is 10.0 Å². The fourth-order valence-electron chi connectivity index (χ4n) is 1.33. The van der Waals surface area contributed by atoms with Crippen molar-refractivity contribution in [1.82, 2.24) is 19.7 Å². The van der Waals surface area contributed by atoms with Crippen LogP contribution >= 0.6 is 0 Å². The van der Waals surface area contributed by atoms with Gasteiger partial charge in [-0.1, -0.05) is 0 Å². The molecule has 10 heteroatoms. The number of nitrogen functional groups attached to an aromatic ring is 1. The van der Waals surface area contributed by atoms with Gasteiger partial charge in [0.2, 0.25) is 5.95 Å². The molecule has 0 saturated heterocycles. The molecule has 0 amide bonds. The zero-order valence-corrected chi connectivity index (χ0v) is 10.9. The smallest absolute Gasteiger partial charge is 0.265 e. The molecule has 0 radical (unpaired) electrons. The minimum atomic E-state index is -3.73. The lowest BCUT2D eigenvalue weighted by atomic mass is 10.6. The van der Waals surface area contributed by atoms with Gasteiger partial charge in [0.15, 0.2) is 0 Å². The Morgan fingerprint density at radius 2 is 2.00 bits per heavy atom. The molecule has 0 spiro atoms. The molecule has 9 nitrogen and oxygen atoms in total. The van der Waals surface area contributed by atoms with Crippen LogP contribution in [0.5, 0.6) is 0 Å². The lowest BCUT2D eigenvalue weighted by Gasteiger charge is -2.05. The third kappa shape index (κ3) is 2.98. The van der Waals surface area contributed by atoms with Crippen LogP contribution in [0.25, 0.3) is 0 Å². The molecule has 0 aliphatic carbocycles. The van der Waals surface area contributed by atoms with Crippen LogP contribution < -0.4 is 16.0 Å². The van der Waals surface area contributed by atoms with E-state index in [9.17, 15) is 8.42 Å². The third-order valence-electron chi connectivity index (χ3n) is 2.28. The second-order valence-corrected chi connectivity index (χ2v) is 5.26. The summed E-state index contributed by atoms with van der Waals surface area (Å²) < 4.78 is 28.0. The maximum absolute atomic E-state index is 12.0. The SMILES string of the molecule is CCn1cc(NS(=O)(=O)c2cnc(NN)nc2)cn1. The average molecular weight is 283 g/mol. The van der Waals surface area contributed by atoms with Crippen LogP contribution in [0.3, 0.4) is 0 Å². The molecule has 0 atom stereocenters. The van der Waals surface area contributed by atoms with Crippen molar-refractivity contribution in [1.29, 1.82) is 0 Å². The van der Waals surface area contributed by atoms with Gasteiger partial charge in [-0.25, -0.2) is 24.2 Å². The van der Waals surface area contributed by atoms with Crippen LogP contribution in [0.1, 0.15) is 6.92 Å². The van der Waals surface area contributed by atoms with Crippen LogP contribution in [0.15, 0.2) is 29.7 Å². The molecular weight excluding hydrogens is 270 g/mol. The topological polar surface area (TPSA) is 128 Å². The van der Waals surface area contributed by atoms with Gasteiger partial charge in [0.05, 0.1) is 24.3 Å². The predicted octanol–water partition coefficient (Wildman–Crippen LogP) is -0.221. The van der Waals surface area contributed by atoms with Crippen molar-refractivity contribution < 1.29 is 8.42 Å². The second kappa shape index (κ2) is 5.20. The number of aryl methyl sites for hydroxylation is 1. The summed E-state index contributed by atoms with van der Waals surface area (Å²) >= 11 is 0. The molecule has 0 aliphatic rings. The third-order valence-corrected chi connectivity index (χ3v) is 3.61. The summed E-state index contributed by atoms with van der Waals surface area (Å²) in [5.41, 5.74) is 2.59. The molecule has 2 aromatic heterocycles. The first kappa shape index (κ1) is 13.2. The first-order valence-corrected chi connectivity index (χ1v) is 6.87. The van der Waals surface area contributed by atoms with Gasteiger partial charge in [-0.3, -0.25) is 14.8 Å². The Bertz CT molecular complexity index is 649. The molecule has 102 valence electrons. The second-order valence-electron chi connectivity index (χ2n) is 3.58. The number of hydrogen-bond donors (Lipinski definition) is 3. The Morgan fingerprint density at radius 1 is 1.32 bits per heavy atom.